The molecule has 2 rings (SSSR count). The van der Waals surface area contributed by atoms with Crippen LogP contribution in [0, 0.1) is 6.92 Å². The number of rotatable bonds is 6. The fraction of sp³-hybridized carbons (Fsp3) is 0.462. The number of ether oxygens (including phenoxy) is 1. The molecule has 2 aromatic heterocycles. The normalized spacial score (nSPS) is 11.1. The quantitative estimate of drug-likeness (QED) is 0.825. The number of hydrogen-bond acceptors (Lipinski definition) is 4. The van der Waals surface area contributed by atoms with E-state index in [1.165, 1.54) is 0 Å². The zero-order valence-electron chi connectivity index (χ0n) is 11.0. The molecule has 0 atom stereocenters. The molecule has 0 radical (unpaired) electrons. The second-order valence-electron chi connectivity index (χ2n) is 4.58. The molecule has 0 aliphatic carbocycles. The molecule has 0 spiro atoms. The zero-order chi connectivity index (χ0) is 13.0. The van der Waals surface area contributed by atoms with Gasteiger partial charge in [0.1, 0.15) is 18.1 Å². The van der Waals surface area contributed by atoms with Gasteiger partial charge in [0.05, 0.1) is 6.54 Å². The van der Waals surface area contributed by atoms with Crippen molar-refractivity contribution in [2.24, 2.45) is 0 Å². The highest BCUT2D eigenvalue weighted by Crippen LogP contribution is 2.13. The smallest absolute Gasteiger partial charge is 0.233 e. The molecule has 0 aromatic carbocycles. The van der Waals surface area contributed by atoms with Gasteiger partial charge in [-0.2, -0.15) is 0 Å². The molecule has 0 fully saturated rings. The maximum atomic E-state index is 5.64. The van der Waals surface area contributed by atoms with Crippen molar-refractivity contribution < 1.29 is 9.15 Å². The van der Waals surface area contributed by atoms with Gasteiger partial charge < -0.3 is 14.5 Å². The Hall–Kier alpha value is -1.75. The number of aromatic nitrogens is 2. The van der Waals surface area contributed by atoms with E-state index in [0.29, 0.717) is 18.5 Å². The van der Waals surface area contributed by atoms with Crippen LogP contribution in [-0.4, -0.2) is 16.2 Å². The summed E-state index contributed by atoms with van der Waals surface area (Å²) < 4.78 is 11.1. The standard InChI is InChI=1S/C13H19N3O2/c1-9(2)14-7-11-4-5-12(18-11)8-17-13-6-10(3)15-16-13/h4-6,9,14H,7-8H2,1-3H3,(H,15,16). The molecule has 2 aromatic rings. The van der Waals surface area contributed by atoms with Crippen LogP contribution >= 0.6 is 0 Å². The number of nitrogens with one attached hydrogen (secondary N) is 2. The summed E-state index contributed by atoms with van der Waals surface area (Å²) >= 11 is 0. The van der Waals surface area contributed by atoms with Crippen LogP contribution in [0.5, 0.6) is 5.88 Å². The monoisotopic (exact) mass is 249 g/mol. The fourth-order valence-electron chi connectivity index (χ4n) is 1.51. The molecule has 0 unspecified atom stereocenters. The van der Waals surface area contributed by atoms with E-state index in [1.807, 2.05) is 25.1 Å². The highest BCUT2D eigenvalue weighted by atomic mass is 16.5. The first kappa shape index (κ1) is 12.7. The molecule has 2 heterocycles. The van der Waals surface area contributed by atoms with Crippen molar-refractivity contribution in [1.29, 1.82) is 0 Å². The first-order chi connectivity index (χ1) is 8.63. The molecule has 98 valence electrons. The predicted octanol–water partition coefficient (Wildman–Crippen LogP) is 2.39. The lowest BCUT2D eigenvalue weighted by atomic mass is 10.3. The first-order valence-electron chi connectivity index (χ1n) is 6.09. The summed E-state index contributed by atoms with van der Waals surface area (Å²) in [4.78, 5) is 0. The zero-order valence-corrected chi connectivity index (χ0v) is 11.0. The minimum absolute atomic E-state index is 0.395. The van der Waals surface area contributed by atoms with E-state index >= 15 is 0 Å². The third-order valence-electron chi connectivity index (χ3n) is 2.45. The van der Waals surface area contributed by atoms with E-state index in [2.05, 4.69) is 29.4 Å². The van der Waals surface area contributed by atoms with E-state index in [9.17, 15) is 0 Å². The van der Waals surface area contributed by atoms with Crippen LogP contribution in [0.1, 0.15) is 31.1 Å². The van der Waals surface area contributed by atoms with Crippen molar-refractivity contribution in [2.75, 3.05) is 0 Å². The van der Waals surface area contributed by atoms with E-state index < -0.39 is 0 Å². The number of aryl methyl sites for hydroxylation is 1. The Morgan fingerprint density at radius 2 is 2.17 bits per heavy atom. The van der Waals surface area contributed by atoms with Crippen molar-refractivity contribution >= 4 is 0 Å². The summed E-state index contributed by atoms with van der Waals surface area (Å²) in [5.41, 5.74) is 0.978. The summed E-state index contributed by atoms with van der Waals surface area (Å²) in [6, 6.07) is 6.19. The van der Waals surface area contributed by atoms with Crippen LogP contribution in [0.25, 0.3) is 0 Å². The van der Waals surface area contributed by atoms with Crippen molar-refractivity contribution in [2.45, 2.75) is 40.0 Å². The van der Waals surface area contributed by atoms with Gasteiger partial charge >= 0.3 is 0 Å². The molecule has 2 N–H and O–H groups in total. The third kappa shape index (κ3) is 3.63. The van der Waals surface area contributed by atoms with E-state index in [0.717, 1.165) is 23.8 Å². The topological polar surface area (TPSA) is 63.1 Å². The Morgan fingerprint density at radius 1 is 1.39 bits per heavy atom. The van der Waals surface area contributed by atoms with Crippen LogP contribution in [0.3, 0.4) is 0 Å². The number of aromatic amines is 1. The molecule has 0 bridgehead atoms. The average Bonchev–Trinajstić information content (AvgIpc) is 2.93. The minimum atomic E-state index is 0.395. The van der Waals surface area contributed by atoms with Gasteiger partial charge in [0.15, 0.2) is 0 Å². The van der Waals surface area contributed by atoms with Gasteiger partial charge in [-0.05, 0) is 19.1 Å². The molecular weight excluding hydrogens is 230 g/mol. The maximum Gasteiger partial charge on any atom is 0.233 e. The lowest BCUT2D eigenvalue weighted by Gasteiger charge is -2.05. The predicted molar refractivity (Wildman–Crippen MR) is 68.3 cm³/mol. The molecule has 5 nitrogen and oxygen atoms in total. The Kier molecular flexibility index (Phi) is 4.04. The average molecular weight is 249 g/mol. The summed E-state index contributed by atoms with van der Waals surface area (Å²) in [5, 5.41) is 10.1. The van der Waals surface area contributed by atoms with Crippen molar-refractivity contribution in [3.8, 4) is 5.88 Å². The number of hydrogen-bond donors (Lipinski definition) is 2. The Balaban J connectivity index is 1.83. The minimum Gasteiger partial charge on any atom is -0.468 e. The van der Waals surface area contributed by atoms with Crippen LogP contribution in [-0.2, 0) is 13.2 Å². The van der Waals surface area contributed by atoms with Crippen molar-refractivity contribution in [3.05, 3.63) is 35.4 Å². The van der Waals surface area contributed by atoms with Gasteiger partial charge in [-0.1, -0.05) is 13.8 Å². The Labute approximate surface area is 107 Å². The van der Waals surface area contributed by atoms with Crippen LogP contribution in [0.2, 0.25) is 0 Å². The van der Waals surface area contributed by atoms with Crippen molar-refractivity contribution in [1.82, 2.24) is 15.5 Å². The van der Waals surface area contributed by atoms with Gasteiger partial charge in [0, 0.05) is 17.8 Å². The lowest BCUT2D eigenvalue weighted by Crippen LogP contribution is -2.21. The summed E-state index contributed by atoms with van der Waals surface area (Å²) in [7, 11) is 0. The highest BCUT2D eigenvalue weighted by Gasteiger charge is 2.05. The second kappa shape index (κ2) is 5.73. The highest BCUT2D eigenvalue weighted by molar-refractivity contribution is 5.13. The Morgan fingerprint density at radius 3 is 2.83 bits per heavy atom. The molecule has 5 heteroatoms. The summed E-state index contributed by atoms with van der Waals surface area (Å²) in [6.45, 7) is 7.27. The van der Waals surface area contributed by atoms with Gasteiger partial charge in [0.2, 0.25) is 5.88 Å². The Bertz CT molecular complexity index is 488. The third-order valence-corrected chi connectivity index (χ3v) is 2.45. The van der Waals surface area contributed by atoms with Gasteiger partial charge in [0.25, 0.3) is 0 Å². The summed E-state index contributed by atoms with van der Waals surface area (Å²) in [5.74, 6) is 2.31. The molecule has 0 amide bonds. The fourth-order valence-corrected chi connectivity index (χ4v) is 1.51. The number of furan rings is 1. The largest absolute Gasteiger partial charge is 0.468 e. The molecule has 0 saturated carbocycles. The number of nitrogens with zero attached hydrogens (tertiary/aromatic N) is 1. The molecule has 0 aliphatic heterocycles. The van der Waals surface area contributed by atoms with Crippen LogP contribution < -0.4 is 10.1 Å². The van der Waals surface area contributed by atoms with E-state index in [1.54, 1.807) is 0 Å². The SMILES string of the molecule is Cc1cc(OCc2ccc(CNC(C)C)o2)n[nH]1. The first-order valence-corrected chi connectivity index (χ1v) is 6.09. The molecule has 0 saturated heterocycles. The van der Waals surface area contributed by atoms with E-state index in [4.69, 9.17) is 9.15 Å². The maximum absolute atomic E-state index is 5.64. The number of H-pyrrole nitrogens is 1. The van der Waals surface area contributed by atoms with Crippen LogP contribution in [0.15, 0.2) is 22.6 Å². The molecular formula is C13H19N3O2. The lowest BCUT2D eigenvalue weighted by molar-refractivity contribution is 0.255. The van der Waals surface area contributed by atoms with Gasteiger partial charge in [-0.25, -0.2) is 0 Å². The van der Waals surface area contributed by atoms with E-state index in [-0.39, 0.29) is 0 Å². The van der Waals surface area contributed by atoms with Gasteiger partial charge in [-0.3, -0.25) is 5.10 Å². The summed E-state index contributed by atoms with van der Waals surface area (Å²) in [6.07, 6.45) is 0. The van der Waals surface area contributed by atoms with Crippen LogP contribution in [0.4, 0.5) is 0 Å². The van der Waals surface area contributed by atoms with Crippen molar-refractivity contribution in [3.63, 3.8) is 0 Å². The van der Waals surface area contributed by atoms with Gasteiger partial charge in [-0.15, -0.1) is 5.10 Å². The molecule has 18 heavy (non-hydrogen) atoms. The second-order valence-corrected chi connectivity index (χ2v) is 4.58. The molecule has 0 aliphatic rings.